The Hall–Kier alpha value is -2.45. The van der Waals surface area contributed by atoms with E-state index in [0.717, 1.165) is 13.2 Å². The number of carboxylic acids is 1. The zero-order valence-corrected chi connectivity index (χ0v) is 8.92. The van der Waals surface area contributed by atoms with Crippen molar-refractivity contribution in [2.75, 3.05) is 7.11 Å². The Morgan fingerprint density at radius 3 is 2.44 bits per heavy atom. The molecule has 0 heterocycles. The Morgan fingerprint density at radius 2 is 2.06 bits per heavy atom. The fourth-order valence-corrected chi connectivity index (χ4v) is 1.22. The maximum absolute atomic E-state index is 12.1. The van der Waals surface area contributed by atoms with Crippen LogP contribution in [-0.4, -0.2) is 29.7 Å². The zero-order valence-electron chi connectivity index (χ0n) is 8.92. The molecule has 1 aromatic rings. The standard InChI is InChI=1S/C9H7F2NO6/c1-17-6-2-4(8(13)14)5(12(15)16)3-7(6)18-9(10)11/h2-3,9H,1H3,(H,13,14). The summed E-state index contributed by atoms with van der Waals surface area (Å²) >= 11 is 0. The molecule has 0 aliphatic carbocycles. The molecule has 0 aliphatic rings. The lowest BCUT2D eigenvalue weighted by Crippen LogP contribution is -2.07. The van der Waals surface area contributed by atoms with Crippen molar-refractivity contribution in [1.82, 2.24) is 0 Å². The van der Waals surface area contributed by atoms with Crippen LogP contribution in [-0.2, 0) is 0 Å². The number of hydrogen-bond acceptors (Lipinski definition) is 5. The molecule has 1 aromatic carbocycles. The Kier molecular flexibility index (Phi) is 3.97. The second kappa shape index (κ2) is 5.25. The molecule has 0 bridgehead atoms. The maximum Gasteiger partial charge on any atom is 0.387 e. The number of nitro groups is 1. The lowest BCUT2D eigenvalue weighted by atomic mass is 10.1. The number of aromatic carboxylic acids is 1. The number of halogens is 2. The van der Waals surface area contributed by atoms with Crippen molar-refractivity contribution in [2.24, 2.45) is 0 Å². The number of methoxy groups -OCH3 is 1. The average Bonchev–Trinajstić information content (AvgIpc) is 2.27. The summed E-state index contributed by atoms with van der Waals surface area (Å²) in [5, 5.41) is 19.4. The van der Waals surface area contributed by atoms with Gasteiger partial charge in [0.2, 0.25) is 0 Å². The van der Waals surface area contributed by atoms with E-state index in [-0.39, 0.29) is 5.75 Å². The normalized spacial score (nSPS) is 10.2. The van der Waals surface area contributed by atoms with Gasteiger partial charge in [-0.3, -0.25) is 10.1 Å². The van der Waals surface area contributed by atoms with Gasteiger partial charge in [-0.05, 0) is 0 Å². The first-order valence-corrected chi connectivity index (χ1v) is 4.41. The quantitative estimate of drug-likeness (QED) is 0.643. The van der Waals surface area contributed by atoms with Gasteiger partial charge in [0.1, 0.15) is 5.56 Å². The van der Waals surface area contributed by atoms with Gasteiger partial charge in [-0.25, -0.2) is 4.79 Å². The summed E-state index contributed by atoms with van der Waals surface area (Å²) in [6.45, 7) is -3.21. The van der Waals surface area contributed by atoms with Gasteiger partial charge in [0.25, 0.3) is 5.69 Å². The summed E-state index contributed by atoms with van der Waals surface area (Å²) in [6.07, 6.45) is 0. The van der Waals surface area contributed by atoms with Crippen molar-refractivity contribution in [2.45, 2.75) is 6.61 Å². The van der Waals surface area contributed by atoms with Crippen LogP contribution in [0.25, 0.3) is 0 Å². The fourth-order valence-electron chi connectivity index (χ4n) is 1.22. The third-order valence-electron chi connectivity index (χ3n) is 1.93. The molecule has 0 unspecified atom stereocenters. The largest absolute Gasteiger partial charge is 0.493 e. The summed E-state index contributed by atoms with van der Waals surface area (Å²) in [7, 11) is 1.09. The number of carboxylic acid groups (broad SMARTS) is 1. The van der Waals surface area contributed by atoms with Gasteiger partial charge in [0, 0.05) is 6.07 Å². The molecule has 0 atom stereocenters. The maximum atomic E-state index is 12.1. The number of carbonyl (C=O) groups is 1. The number of nitro benzene ring substituents is 1. The van der Waals surface area contributed by atoms with Gasteiger partial charge >= 0.3 is 12.6 Å². The minimum absolute atomic E-state index is 0.335. The van der Waals surface area contributed by atoms with Crippen LogP contribution in [0, 0.1) is 10.1 Å². The van der Waals surface area contributed by atoms with E-state index < -0.39 is 34.5 Å². The number of ether oxygens (including phenoxy) is 2. The first-order valence-electron chi connectivity index (χ1n) is 4.41. The summed E-state index contributed by atoms with van der Waals surface area (Å²) in [4.78, 5) is 20.4. The van der Waals surface area contributed by atoms with Crippen LogP contribution in [0.4, 0.5) is 14.5 Å². The highest BCUT2D eigenvalue weighted by Gasteiger charge is 2.25. The van der Waals surface area contributed by atoms with Gasteiger partial charge in [-0.1, -0.05) is 0 Å². The molecular weight excluding hydrogens is 256 g/mol. The van der Waals surface area contributed by atoms with E-state index >= 15 is 0 Å². The summed E-state index contributed by atoms with van der Waals surface area (Å²) in [6, 6.07) is 1.33. The smallest absolute Gasteiger partial charge is 0.387 e. The van der Waals surface area contributed by atoms with E-state index in [0.29, 0.717) is 6.07 Å². The monoisotopic (exact) mass is 263 g/mol. The molecule has 0 saturated carbocycles. The summed E-state index contributed by atoms with van der Waals surface area (Å²) in [5.74, 6) is -2.52. The molecule has 18 heavy (non-hydrogen) atoms. The first-order chi connectivity index (χ1) is 8.36. The van der Waals surface area contributed by atoms with Gasteiger partial charge in [0.15, 0.2) is 11.5 Å². The molecule has 7 nitrogen and oxygen atoms in total. The first kappa shape index (κ1) is 13.6. The van der Waals surface area contributed by atoms with Crippen LogP contribution >= 0.6 is 0 Å². The van der Waals surface area contributed by atoms with E-state index in [1.165, 1.54) is 0 Å². The van der Waals surface area contributed by atoms with Crippen LogP contribution < -0.4 is 9.47 Å². The Labute approximate surface area is 98.7 Å². The minimum atomic E-state index is -3.21. The van der Waals surface area contributed by atoms with Gasteiger partial charge in [0.05, 0.1) is 18.1 Å². The van der Waals surface area contributed by atoms with Crippen LogP contribution in [0.1, 0.15) is 10.4 Å². The van der Waals surface area contributed by atoms with Crippen LogP contribution in [0.15, 0.2) is 12.1 Å². The molecule has 0 amide bonds. The number of nitrogens with zero attached hydrogens (tertiary/aromatic N) is 1. The van der Waals surface area contributed by atoms with E-state index in [1.54, 1.807) is 0 Å². The van der Waals surface area contributed by atoms with E-state index in [9.17, 15) is 23.7 Å². The molecule has 1 rings (SSSR count). The molecular formula is C9H7F2NO6. The van der Waals surface area contributed by atoms with Crippen molar-refractivity contribution >= 4 is 11.7 Å². The van der Waals surface area contributed by atoms with Crippen LogP contribution in [0.2, 0.25) is 0 Å². The Bertz CT molecular complexity index is 490. The molecule has 0 saturated heterocycles. The van der Waals surface area contributed by atoms with Gasteiger partial charge in [-0.2, -0.15) is 8.78 Å². The van der Waals surface area contributed by atoms with Crippen molar-refractivity contribution in [1.29, 1.82) is 0 Å². The predicted molar refractivity (Wildman–Crippen MR) is 53.2 cm³/mol. The highest BCUT2D eigenvalue weighted by Crippen LogP contribution is 2.35. The third-order valence-corrected chi connectivity index (χ3v) is 1.93. The second-order valence-electron chi connectivity index (χ2n) is 2.96. The topological polar surface area (TPSA) is 98.9 Å². The number of alkyl halides is 2. The Morgan fingerprint density at radius 1 is 1.44 bits per heavy atom. The molecule has 0 radical (unpaired) electrons. The van der Waals surface area contributed by atoms with Gasteiger partial charge < -0.3 is 14.6 Å². The Balaban J connectivity index is 3.41. The van der Waals surface area contributed by atoms with Crippen molar-refractivity contribution in [3.63, 3.8) is 0 Å². The molecule has 0 fully saturated rings. The third kappa shape index (κ3) is 2.81. The van der Waals surface area contributed by atoms with Crippen LogP contribution in [0.3, 0.4) is 0 Å². The second-order valence-corrected chi connectivity index (χ2v) is 2.96. The van der Waals surface area contributed by atoms with Gasteiger partial charge in [-0.15, -0.1) is 0 Å². The number of benzene rings is 1. The highest BCUT2D eigenvalue weighted by atomic mass is 19.3. The van der Waals surface area contributed by atoms with E-state index in [2.05, 4.69) is 9.47 Å². The lowest BCUT2D eigenvalue weighted by Gasteiger charge is -2.10. The minimum Gasteiger partial charge on any atom is -0.493 e. The molecule has 0 aromatic heterocycles. The molecule has 9 heteroatoms. The number of rotatable bonds is 5. The zero-order chi connectivity index (χ0) is 13.9. The lowest BCUT2D eigenvalue weighted by molar-refractivity contribution is -0.385. The summed E-state index contributed by atoms with van der Waals surface area (Å²) in [5.41, 5.74) is -1.54. The fraction of sp³-hybridized carbons (Fsp3) is 0.222. The molecule has 0 spiro atoms. The van der Waals surface area contributed by atoms with Crippen molar-refractivity contribution in [3.05, 3.63) is 27.8 Å². The average molecular weight is 263 g/mol. The highest BCUT2D eigenvalue weighted by molar-refractivity contribution is 5.93. The summed E-state index contributed by atoms with van der Waals surface area (Å²) < 4.78 is 32.8. The van der Waals surface area contributed by atoms with E-state index in [1.807, 2.05) is 0 Å². The molecule has 0 aliphatic heterocycles. The molecule has 1 N–H and O–H groups in total. The SMILES string of the molecule is COc1cc(C(=O)O)c([N+](=O)[O-])cc1OC(F)F. The number of hydrogen-bond donors (Lipinski definition) is 1. The molecule has 98 valence electrons. The van der Waals surface area contributed by atoms with Crippen molar-refractivity contribution < 1.29 is 33.1 Å². The predicted octanol–water partition coefficient (Wildman–Crippen LogP) is 1.90. The van der Waals surface area contributed by atoms with E-state index in [4.69, 9.17) is 5.11 Å². The van der Waals surface area contributed by atoms with Crippen LogP contribution in [0.5, 0.6) is 11.5 Å². The van der Waals surface area contributed by atoms with Crippen molar-refractivity contribution in [3.8, 4) is 11.5 Å².